The molecule has 0 heterocycles. The minimum Gasteiger partial charge on any atom is -0.393 e. The van der Waals surface area contributed by atoms with Gasteiger partial charge in [-0.05, 0) is 26.0 Å². The highest BCUT2D eigenvalue weighted by atomic mass is 32.2. The number of nitro benzene ring substituents is 1. The lowest BCUT2D eigenvalue weighted by molar-refractivity contribution is -0.383. The lowest BCUT2D eigenvalue weighted by Gasteiger charge is -2.14. The number of hydrogen-bond donors (Lipinski definition) is 2. The Morgan fingerprint density at radius 3 is 2.65 bits per heavy atom. The highest BCUT2D eigenvalue weighted by molar-refractivity contribution is 7.89. The molecule has 0 bridgehead atoms. The summed E-state index contributed by atoms with van der Waals surface area (Å²) in [5.74, 6) is 0. The molecule has 8 nitrogen and oxygen atoms in total. The third-order valence-corrected chi connectivity index (χ3v) is 4.02. The maximum atomic E-state index is 12.0. The highest BCUT2D eigenvalue weighted by Crippen LogP contribution is 2.24. The van der Waals surface area contributed by atoms with E-state index in [1.165, 1.54) is 0 Å². The Hall–Kier alpha value is -1.71. The van der Waals surface area contributed by atoms with Crippen molar-refractivity contribution in [1.82, 2.24) is 4.72 Å². The number of nitrogens with two attached hydrogens (primary N) is 1. The average molecular weight is 303 g/mol. The van der Waals surface area contributed by atoms with Gasteiger partial charge in [-0.25, -0.2) is 13.1 Å². The smallest absolute Gasteiger partial charge is 0.292 e. The lowest BCUT2D eigenvalue weighted by Crippen LogP contribution is -2.35. The van der Waals surface area contributed by atoms with Gasteiger partial charge in [-0.3, -0.25) is 10.1 Å². The second kappa shape index (κ2) is 6.64. The first-order chi connectivity index (χ1) is 9.27. The van der Waals surface area contributed by atoms with Gasteiger partial charge < -0.3 is 10.5 Å². The van der Waals surface area contributed by atoms with Gasteiger partial charge in [-0.1, -0.05) is 0 Å². The summed E-state index contributed by atoms with van der Waals surface area (Å²) < 4.78 is 31.6. The Kier molecular flexibility index (Phi) is 5.43. The lowest BCUT2D eigenvalue weighted by atomic mass is 10.3. The third-order valence-electron chi connectivity index (χ3n) is 2.43. The van der Waals surface area contributed by atoms with Crippen molar-refractivity contribution in [3.8, 4) is 0 Å². The van der Waals surface area contributed by atoms with Crippen molar-refractivity contribution in [1.29, 1.82) is 0 Å². The van der Waals surface area contributed by atoms with Crippen molar-refractivity contribution in [3.63, 3.8) is 0 Å². The molecule has 112 valence electrons. The molecular weight excluding hydrogens is 286 g/mol. The van der Waals surface area contributed by atoms with Gasteiger partial charge in [0.05, 0.1) is 16.4 Å². The first-order valence-electron chi connectivity index (χ1n) is 5.92. The van der Waals surface area contributed by atoms with Crippen LogP contribution in [0.3, 0.4) is 0 Å². The van der Waals surface area contributed by atoms with Gasteiger partial charge in [-0.15, -0.1) is 0 Å². The molecule has 1 aromatic rings. The molecule has 0 saturated heterocycles. The van der Waals surface area contributed by atoms with Crippen LogP contribution in [0.4, 0.5) is 11.4 Å². The van der Waals surface area contributed by atoms with E-state index in [4.69, 9.17) is 10.5 Å². The molecule has 0 saturated carbocycles. The molecule has 0 amide bonds. The van der Waals surface area contributed by atoms with E-state index in [0.29, 0.717) is 6.61 Å². The van der Waals surface area contributed by atoms with Gasteiger partial charge >= 0.3 is 0 Å². The number of nitrogens with zero attached hydrogens (tertiary/aromatic N) is 1. The third kappa shape index (κ3) is 4.15. The quantitative estimate of drug-likeness (QED) is 0.437. The molecule has 3 N–H and O–H groups in total. The number of hydrogen-bond acceptors (Lipinski definition) is 6. The monoisotopic (exact) mass is 303 g/mol. The first-order valence-corrected chi connectivity index (χ1v) is 7.40. The van der Waals surface area contributed by atoms with E-state index in [2.05, 4.69) is 4.72 Å². The maximum absolute atomic E-state index is 12.0. The summed E-state index contributed by atoms with van der Waals surface area (Å²) in [7, 11) is -3.79. The Bertz CT molecular complexity index is 588. The van der Waals surface area contributed by atoms with Crippen molar-refractivity contribution in [2.24, 2.45) is 0 Å². The van der Waals surface area contributed by atoms with Crippen LogP contribution in [-0.2, 0) is 14.8 Å². The van der Waals surface area contributed by atoms with E-state index in [-0.39, 0.29) is 22.9 Å². The van der Waals surface area contributed by atoms with Crippen LogP contribution in [0.25, 0.3) is 0 Å². The second-order valence-electron chi connectivity index (χ2n) is 4.16. The van der Waals surface area contributed by atoms with Gasteiger partial charge in [-0.2, -0.15) is 0 Å². The minimum absolute atomic E-state index is 0.121. The number of sulfonamides is 1. The first kappa shape index (κ1) is 16.3. The molecule has 0 radical (unpaired) electrons. The molecule has 1 unspecified atom stereocenters. The molecule has 20 heavy (non-hydrogen) atoms. The fourth-order valence-corrected chi connectivity index (χ4v) is 2.79. The van der Waals surface area contributed by atoms with Crippen LogP contribution in [0.1, 0.15) is 13.8 Å². The van der Waals surface area contributed by atoms with E-state index in [0.717, 1.165) is 18.2 Å². The molecule has 9 heteroatoms. The second-order valence-corrected chi connectivity index (χ2v) is 5.87. The zero-order chi connectivity index (χ0) is 15.3. The topological polar surface area (TPSA) is 125 Å². The average Bonchev–Trinajstić information content (AvgIpc) is 2.35. The largest absolute Gasteiger partial charge is 0.393 e. The van der Waals surface area contributed by atoms with Crippen LogP contribution in [0.2, 0.25) is 0 Å². The van der Waals surface area contributed by atoms with Crippen molar-refractivity contribution in [3.05, 3.63) is 28.3 Å². The minimum atomic E-state index is -3.79. The SMILES string of the molecule is CCOCC(C)NS(=O)(=O)c1ccc([N+](=O)[O-])c(N)c1. The molecule has 0 aliphatic carbocycles. The van der Waals surface area contributed by atoms with Crippen LogP contribution >= 0.6 is 0 Å². The van der Waals surface area contributed by atoms with E-state index >= 15 is 0 Å². The van der Waals surface area contributed by atoms with E-state index in [1.54, 1.807) is 13.8 Å². The normalized spacial score (nSPS) is 13.1. The van der Waals surface area contributed by atoms with Crippen LogP contribution < -0.4 is 10.5 Å². The zero-order valence-electron chi connectivity index (χ0n) is 11.2. The van der Waals surface area contributed by atoms with Crippen LogP contribution in [0.5, 0.6) is 0 Å². The standard InChI is InChI=1S/C11H17N3O5S/c1-3-19-7-8(2)13-20(17,18)9-4-5-11(14(15)16)10(12)6-9/h4-6,8,13H,3,7,12H2,1-2H3. The summed E-state index contributed by atoms with van der Waals surface area (Å²) in [6, 6.07) is 2.85. The number of rotatable bonds is 7. The molecule has 1 rings (SSSR count). The van der Waals surface area contributed by atoms with Crippen molar-refractivity contribution >= 4 is 21.4 Å². The van der Waals surface area contributed by atoms with Crippen molar-refractivity contribution < 1.29 is 18.1 Å². The van der Waals surface area contributed by atoms with E-state index in [1.807, 2.05) is 0 Å². The number of benzene rings is 1. The molecule has 0 aliphatic heterocycles. The van der Waals surface area contributed by atoms with Crippen LogP contribution in [0.15, 0.2) is 23.1 Å². The maximum Gasteiger partial charge on any atom is 0.292 e. The Morgan fingerprint density at radius 1 is 1.50 bits per heavy atom. The number of nitrogens with one attached hydrogen (secondary N) is 1. The number of anilines is 1. The molecule has 1 atom stereocenters. The Morgan fingerprint density at radius 2 is 2.15 bits per heavy atom. The highest BCUT2D eigenvalue weighted by Gasteiger charge is 2.20. The summed E-state index contributed by atoms with van der Waals surface area (Å²) in [4.78, 5) is 9.83. The summed E-state index contributed by atoms with van der Waals surface area (Å²) in [5.41, 5.74) is 4.95. The Labute approximate surface area is 117 Å². The number of nitro groups is 1. The summed E-state index contributed by atoms with van der Waals surface area (Å²) in [6.45, 7) is 4.18. The fourth-order valence-electron chi connectivity index (χ4n) is 1.53. The molecule has 0 fully saturated rings. The summed E-state index contributed by atoms with van der Waals surface area (Å²) in [6.07, 6.45) is 0. The summed E-state index contributed by atoms with van der Waals surface area (Å²) in [5, 5.41) is 10.6. The van der Waals surface area contributed by atoms with E-state index in [9.17, 15) is 18.5 Å². The number of ether oxygens (including phenoxy) is 1. The molecule has 0 spiro atoms. The Balaban J connectivity index is 2.93. The predicted molar refractivity (Wildman–Crippen MR) is 73.8 cm³/mol. The molecule has 0 aromatic heterocycles. The van der Waals surface area contributed by atoms with Gasteiger partial charge in [0.15, 0.2) is 0 Å². The van der Waals surface area contributed by atoms with Gasteiger partial charge in [0.1, 0.15) is 5.69 Å². The zero-order valence-corrected chi connectivity index (χ0v) is 12.0. The van der Waals surface area contributed by atoms with Gasteiger partial charge in [0, 0.05) is 18.7 Å². The molecular formula is C11H17N3O5S. The van der Waals surface area contributed by atoms with E-state index < -0.39 is 21.0 Å². The van der Waals surface area contributed by atoms with Crippen molar-refractivity contribution in [2.45, 2.75) is 24.8 Å². The fraction of sp³-hybridized carbons (Fsp3) is 0.455. The molecule has 1 aromatic carbocycles. The summed E-state index contributed by atoms with van der Waals surface area (Å²) >= 11 is 0. The van der Waals surface area contributed by atoms with Gasteiger partial charge in [0.25, 0.3) is 5.69 Å². The van der Waals surface area contributed by atoms with Crippen molar-refractivity contribution in [2.75, 3.05) is 18.9 Å². The predicted octanol–water partition coefficient (Wildman–Crippen LogP) is 0.880. The van der Waals surface area contributed by atoms with Gasteiger partial charge in [0.2, 0.25) is 10.0 Å². The van der Waals surface area contributed by atoms with Crippen LogP contribution in [-0.4, -0.2) is 32.6 Å². The van der Waals surface area contributed by atoms with Crippen LogP contribution in [0, 0.1) is 10.1 Å². The number of nitrogen functional groups attached to an aromatic ring is 1. The molecule has 0 aliphatic rings.